The van der Waals surface area contributed by atoms with Gasteiger partial charge >= 0.3 is 0 Å². The SMILES string of the molecule is CCCOC(c1ccccc1)C(O)c1ccccc1. The summed E-state index contributed by atoms with van der Waals surface area (Å²) in [7, 11) is 0. The van der Waals surface area contributed by atoms with Gasteiger partial charge in [-0.05, 0) is 17.5 Å². The molecule has 0 radical (unpaired) electrons. The molecule has 0 amide bonds. The lowest BCUT2D eigenvalue weighted by molar-refractivity contribution is -0.0409. The van der Waals surface area contributed by atoms with Crippen LogP contribution in [0.1, 0.15) is 36.7 Å². The summed E-state index contributed by atoms with van der Waals surface area (Å²) in [5, 5.41) is 10.5. The van der Waals surface area contributed by atoms with E-state index in [1.807, 2.05) is 60.7 Å². The van der Waals surface area contributed by atoms with E-state index in [0.29, 0.717) is 6.61 Å². The molecule has 0 saturated carbocycles. The highest BCUT2D eigenvalue weighted by molar-refractivity contribution is 5.24. The summed E-state index contributed by atoms with van der Waals surface area (Å²) in [5.41, 5.74) is 1.89. The Kier molecular flexibility index (Phi) is 5.13. The van der Waals surface area contributed by atoms with Crippen molar-refractivity contribution in [3.63, 3.8) is 0 Å². The average Bonchev–Trinajstić information content (AvgIpc) is 2.49. The van der Waals surface area contributed by atoms with Crippen LogP contribution in [0.3, 0.4) is 0 Å². The zero-order valence-corrected chi connectivity index (χ0v) is 11.2. The van der Waals surface area contributed by atoms with Crippen LogP contribution in [0.15, 0.2) is 60.7 Å². The van der Waals surface area contributed by atoms with Gasteiger partial charge in [0.1, 0.15) is 12.2 Å². The van der Waals surface area contributed by atoms with Gasteiger partial charge in [0, 0.05) is 6.61 Å². The molecule has 0 aliphatic heterocycles. The Hall–Kier alpha value is -1.64. The third-order valence-electron chi connectivity index (χ3n) is 3.06. The molecular formula is C17H20O2. The minimum atomic E-state index is -0.643. The Morgan fingerprint density at radius 1 is 0.895 bits per heavy atom. The van der Waals surface area contributed by atoms with E-state index in [1.165, 1.54) is 0 Å². The predicted octanol–water partition coefficient (Wildman–Crippen LogP) is 3.89. The molecule has 0 aliphatic rings. The summed E-state index contributed by atoms with van der Waals surface area (Å²) in [6, 6.07) is 19.5. The molecular weight excluding hydrogens is 236 g/mol. The van der Waals surface area contributed by atoms with Crippen molar-refractivity contribution in [3.8, 4) is 0 Å². The summed E-state index contributed by atoms with van der Waals surface area (Å²) >= 11 is 0. The highest BCUT2D eigenvalue weighted by Crippen LogP contribution is 2.31. The number of hydrogen-bond acceptors (Lipinski definition) is 2. The van der Waals surface area contributed by atoms with Crippen LogP contribution in [0.4, 0.5) is 0 Å². The normalized spacial score (nSPS) is 14.0. The summed E-state index contributed by atoms with van der Waals surface area (Å²) < 4.78 is 5.84. The number of hydrogen-bond donors (Lipinski definition) is 1. The molecule has 0 aromatic heterocycles. The van der Waals surface area contributed by atoms with Gasteiger partial charge in [0.15, 0.2) is 0 Å². The second kappa shape index (κ2) is 7.07. The van der Waals surface area contributed by atoms with Crippen molar-refractivity contribution < 1.29 is 9.84 Å². The van der Waals surface area contributed by atoms with Crippen LogP contribution in [0, 0.1) is 0 Å². The third kappa shape index (κ3) is 3.66. The molecule has 0 heterocycles. The Morgan fingerprint density at radius 3 is 1.95 bits per heavy atom. The summed E-state index contributed by atoms with van der Waals surface area (Å²) in [5.74, 6) is 0. The molecule has 2 nitrogen and oxygen atoms in total. The predicted molar refractivity (Wildman–Crippen MR) is 76.8 cm³/mol. The molecule has 100 valence electrons. The van der Waals surface area contributed by atoms with Crippen LogP contribution >= 0.6 is 0 Å². The van der Waals surface area contributed by atoms with Crippen LogP contribution < -0.4 is 0 Å². The van der Waals surface area contributed by atoms with E-state index in [-0.39, 0.29) is 6.10 Å². The van der Waals surface area contributed by atoms with E-state index in [2.05, 4.69) is 6.92 Å². The molecule has 0 spiro atoms. The number of aliphatic hydroxyl groups is 1. The molecule has 2 aromatic rings. The first kappa shape index (κ1) is 13.8. The third-order valence-corrected chi connectivity index (χ3v) is 3.06. The lowest BCUT2D eigenvalue weighted by Crippen LogP contribution is -2.15. The van der Waals surface area contributed by atoms with Crippen molar-refractivity contribution >= 4 is 0 Å². The maximum Gasteiger partial charge on any atom is 0.113 e. The highest BCUT2D eigenvalue weighted by atomic mass is 16.5. The second-order valence-electron chi connectivity index (χ2n) is 4.56. The van der Waals surface area contributed by atoms with Gasteiger partial charge in [0.05, 0.1) is 0 Å². The van der Waals surface area contributed by atoms with E-state index >= 15 is 0 Å². The Labute approximate surface area is 114 Å². The smallest absolute Gasteiger partial charge is 0.113 e. The van der Waals surface area contributed by atoms with Gasteiger partial charge in [-0.15, -0.1) is 0 Å². The van der Waals surface area contributed by atoms with E-state index in [4.69, 9.17) is 4.74 Å². The maximum atomic E-state index is 10.5. The highest BCUT2D eigenvalue weighted by Gasteiger charge is 2.22. The fourth-order valence-electron chi connectivity index (χ4n) is 2.08. The monoisotopic (exact) mass is 256 g/mol. The molecule has 0 saturated heterocycles. The Bertz CT molecular complexity index is 467. The minimum absolute atomic E-state index is 0.316. The van der Waals surface area contributed by atoms with Gasteiger partial charge in [0.2, 0.25) is 0 Å². The van der Waals surface area contributed by atoms with Crippen LogP contribution in [0.2, 0.25) is 0 Å². The largest absolute Gasteiger partial charge is 0.385 e. The number of rotatable bonds is 6. The minimum Gasteiger partial charge on any atom is -0.385 e. The van der Waals surface area contributed by atoms with Gasteiger partial charge in [-0.2, -0.15) is 0 Å². The van der Waals surface area contributed by atoms with Gasteiger partial charge in [0.25, 0.3) is 0 Å². The van der Waals surface area contributed by atoms with Crippen molar-refractivity contribution in [2.45, 2.75) is 25.6 Å². The lowest BCUT2D eigenvalue weighted by atomic mass is 9.98. The molecule has 0 aliphatic carbocycles. The quantitative estimate of drug-likeness (QED) is 0.849. The molecule has 2 rings (SSSR count). The van der Waals surface area contributed by atoms with Crippen molar-refractivity contribution in [1.82, 2.24) is 0 Å². The standard InChI is InChI=1S/C17H20O2/c1-2-13-19-17(15-11-7-4-8-12-15)16(18)14-9-5-3-6-10-14/h3-12,16-18H,2,13H2,1H3. The molecule has 19 heavy (non-hydrogen) atoms. The average molecular weight is 256 g/mol. The van der Waals surface area contributed by atoms with Crippen LogP contribution in [0.5, 0.6) is 0 Å². The first-order valence-electron chi connectivity index (χ1n) is 6.72. The van der Waals surface area contributed by atoms with Crippen LogP contribution in [-0.4, -0.2) is 11.7 Å². The topological polar surface area (TPSA) is 29.5 Å². The second-order valence-corrected chi connectivity index (χ2v) is 4.56. The number of benzene rings is 2. The van der Waals surface area contributed by atoms with Crippen molar-refractivity contribution in [1.29, 1.82) is 0 Å². The maximum absolute atomic E-state index is 10.5. The van der Waals surface area contributed by atoms with E-state index in [1.54, 1.807) is 0 Å². The van der Waals surface area contributed by atoms with Gasteiger partial charge in [-0.3, -0.25) is 0 Å². The van der Waals surface area contributed by atoms with E-state index in [0.717, 1.165) is 17.5 Å². The molecule has 2 atom stereocenters. The molecule has 1 N–H and O–H groups in total. The molecule has 2 aromatic carbocycles. The molecule has 0 bridgehead atoms. The molecule has 2 heteroatoms. The summed E-state index contributed by atoms with van der Waals surface area (Å²) in [4.78, 5) is 0. The molecule has 0 fully saturated rings. The summed E-state index contributed by atoms with van der Waals surface area (Å²) in [6.07, 6.45) is -0.0242. The zero-order chi connectivity index (χ0) is 13.5. The Balaban J connectivity index is 2.22. The van der Waals surface area contributed by atoms with Crippen molar-refractivity contribution in [2.75, 3.05) is 6.61 Å². The van der Waals surface area contributed by atoms with E-state index in [9.17, 15) is 5.11 Å². The summed E-state index contributed by atoms with van der Waals surface area (Å²) in [6.45, 7) is 2.71. The fraction of sp³-hybridized carbons (Fsp3) is 0.294. The van der Waals surface area contributed by atoms with Gasteiger partial charge in [-0.1, -0.05) is 67.6 Å². The van der Waals surface area contributed by atoms with E-state index < -0.39 is 6.10 Å². The first-order valence-corrected chi connectivity index (χ1v) is 6.72. The zero-order valence-electron chi connectivity index (χ0n) is 11.2. The number of ether oxygens (including phenoxy) is 1. The van der Waals surface area contributed by atoms with Crippen molar-refractivity contribution in [2.24, 2.45) is 0 Å². The fourth-order valence-corrected chi connectivity index (χ4v) is 2.08. The Morgan fingerprint density at radius 2 is 1.42 bits per heavy atom. The first-order chi connectivity index (χ1) is 9.33. The van der Waals surface area contributed by atoms with Crippen LogP contribution in [-0.2, 0) is 4.74 Å². The van der Waals surface area contributed by atoms with Gasteiger partial charge in [-0.25, -0.2) is 0 Å². The molecule has 2 unspecified atom stereocenters. The lowest BCUT2D eigenvalue weighted by Gasteiger charge is -2.24. The van der Waals surface area contributed by atoms with Crippen molar-refractivity contribution in [3.05, 3.63) is 71.8 Å². The number of aliphatic hydroxyl groups excluding tert-OH is 1. The van der Waals surface area contributed by atoms with Crippen LogP contribution in [0.25, 0.3) is 0 Å². The van der Waals surface area contributed by atoms with Gasteiger partial charge < -0.3 is 9.84 Å².